The Kier molecular flexibility index (Phi) is 5.28. The predicted octanol–water partition coefficient (Wildman–Crippen LogP) is 3.34. The zero-order valence-corrected chi connectivity index (χ0v) is 14.7. The second-order valence-corrected chi connectivity index (χ2v) is 6.77. The van der Waals surface area contributed by atoms with Crippen molar-refractivity contribution in [1.82, 2.24) is 9.88 Å². The summed E-state index contributed by atoms with van der Waals surface area (Å²) in [6.07, 6.45) is 2.59. The molecule has 1 saturated heterocycles. The van der Waals surface area contributed by atoms with E-state index in [-0.39, 0.29) is 16.7 Å². The Hall–Kier alpha value is -2.47. The maximum absolute atomic E-state index is 11.3. The number of nitro groups is 1. The minimum Gasteiger partial charge on any atom is -0.351 e. The van der Waals surface area contributed by atoms with E-state index < -0.39 is 0 Å². The van der Waals surface area contributed by atoms with E-state index in [1.165, 1.54) is 11.6 Å². The molecule has 0 bridgehead atoms. The summed E-state index contributed by atoms with van der Waals surface area (Å²) in [6, 6.07) is 13.9. The summed E-state index contributed by atoms with van der Waals surface area (Å²) < 4.78 is 0. The zero-order chi connectivity index (χ0) is 17.8. The fraction of sp³-hybridized carbons (Fsp3) is 0.421. The normalized spacial score (nSPS) is 21.0. The third-order valence-electron chi connectivity index (χ3n) is 4.99. The van der Waals surface area contributed by atoms with Crippen LogP contribution in [0.3, 0.4) is 0 Å². The molecule has 0 radical (unpaired) electrons. The van der Waals surface area contributed by atoms with E-state index in [2.05, 4.69) is 41.1 Å². The summed E-state index contributed by atoms with van der Waals surface area (Å²) in [4.78, 5) is 19.6. The van der Waals surface area contributed by atoms with Crippen molar-refractivity contribution in [1.29, 1.82) is 0 Å². The number of hydrogen-bond donors (Lipinski definition) is 0. The lowest BCUT2D eigenvalue weighted by molar-refractivity contribution is -0.384. The summed E-state index contributed by atoms with van der Waals surface area (Å²) in [6.45, 7) is 5.12. The largest absolute Gasteiger partial charge is 0.351 e. The van der Waals surface area contributed by atoms with Crippen LogP contribution >= 0.6 is 0 Å². The number of benzene rings is 1. The van der Waals surface area contributed by atoms with E-state index in [1.807, 2.05) is 18.0 Å². The third-order valence-corrected chi connectivity index (χ3v) is 4.99. The van der Waals surface area contributed by atoms with Crippen molar-refractivity contribution in [2.24, 2.45) is 5.92 Å². The van der Waals surface area contributed by atoms with Gasteiger partial charge in [0.25, 0.3) is 0 Å². The molecule has 2 atom stereocenters. The van der Waals surface area contributed by atoms with Crippen LogP contribution in [0.25, 0.3) is 0 Å². The van der Waals surface area contributed by atoms with Gasteiger partial charge in [-0.2, -0.15) is 0 Å². The van der Waals surface area contributed by atoms with Gasteiger partial charge < -0.3 is 4.90 Å². The van der Waals surface area contributed by atoms with E-state index in [0.717, 1.165) is 26.1 Å². The molecule has 1 fully saturated rings. The third kappa shape index (κ3) is 3.96. The topological polar surface area (TPSA) is 62.5 Å². The van der Waals surface area contributed by atoms with E-state index in [9.17, 15) is 10.1 Å². The maximum atomic E-state index is 11.3. The van der Waals surface area contributed by atoms with Crippen molar-refractivity contribution in [3.63, 3.8) is 0 Å². The quantitative estimate of drug-likeness (QED) is 0.617. The van der Waals surface area contributed by atoms with Crippen LogP contribution in [0.2, 0.25) is 0 Å². The predicted molar refractivity (Wildman–Crippen MR) is 98.6 cm³/mol. The van der Waals surface area contributed by atoms with E-state index in [4.69, 9.17) is 0 Å². The summed E-state index contributed by atoms with van der Waals surface area (Å²) in [7, 11) is 1.92. The molecule has 0 saturated carbocycles. The van der Waals surface area contributed by atoms with Crippen molar-refractivity contribution < 1.29 is 4.92 Å². The first-order chi connectivity index (χ1) is 12.1. The first-order valence-corrected chi connectivity index (χ1v) is 8.65. The SMILES string of the molecule is C[C@H]1CN(Cc2ccccc2)CC[C@H]1N(C)c1ncccc1[N+](=O)[O-]. The lowest BCUT2D eigenvalue weighted by Gasteiger charge is -2.41. The van der Waals surface area contributed by atoms with Crippen LogP contribution in [0.15, 0.2) is 48.7 Å². The highest BCUT2D eigenvalue weighted by Crippen LogP contribution is 2.30. The summed E-state index contributed by atoms with van der Waals surface area (Å²) in [5, 5.41) is 11.3. The molecule has 6 heteroatoms. The van der Waals surface area contributed by atoms with Crippen molar-refractivity contribution in [2.45, 2.75) is 25.9 Å². The molecule has 1 aromatic heterocycles. The van der Waals surface area contributed by atoms with Crippen LogP contribution in [0.4, 0.5) is 11.5 Å². The molecule has 1 aromatic carbocycles. The van der Waals surface area contributed by atoms with Crippen molar-refractivity contribution in [2.75, 3.05) is 25.0 Å². The first-order valence-electron chi connectivity index (χ1n) is 8.65. The number of pyridine rings is 1. The van der Waals surface area contributed by atoms with Gasteiger partial charge in [-0.1, -0.05) is 37.3 Å². The van der Waals surface area contributed by atoms with Crippen LogP contribution < -0.4 is 4.90 Å². The fourth-order valence-electron chi connectivity index (χ4n) is 3.74. The average Bonchev–Trinajstić information content (AvgIpc) is 2.62. The van der Waals surface area contributed by atoms with E-state index >= 15 is 0 Å². The molecule has 2 aromatic rings. The minimum atomic E-state index is -0.353. The van der Waals surface area contributed by atoms with Gasteiger partial charge in [0.2, 0.25) is 5.82 Å². The Labute approximate surface area is 148 Å². The van der Waals surface area contributed by atoms with Gasteiger partial charge in [0.05, 0.1) is 4.92 Å². The maximum Gasteiger partial charge on any atom is 0.311 e. The molecule has 0 spiro atoms. The molecule has 1 aliphatic heterocycles. The summed E-state index contributed by atoms with van der Waals surface area (Å²) in [5.41, 5.74) is 1.39. The summed E-state index contributed by atoms with van der Waals surface area (Å²) in [5.74, 6) is 0.866. The Morgan fingerprint density at radius 1 is 1.28 bits per heavy atom. The van der Waals surface area contributed by atoms with Gasteiger partial charge in [-0.15, -0.1) is 0 Å². The number of aromatic nitrogens is 1. The molecule has 0 unspecified atom stereocenters. The smallest absolute Gasteiger partial charge is 0.311 e. The molecule has 2 heterocycles. The van der Waals surface area contributed by atoms with Gasteiger partial charge in [-0.05, 0) is 24.0 Å². The highest BCUT2D eigenvalue weighted by Gasteiger charge is 2.32. The molecule has 0 N–H and O–H groups in total. The van der Waals surface area contributed by atoms with Gasteiger partial charge in [0, 0.05) is 45.0 Å². The molecule has 6 nitrogen and oxygen atoms in total. The van der Waals surface area contributed by atoms with Crippen LogP contribution in [0, 0.1) is 16.0 Å². The number of nitrogens with zero attached hydrogens (tertiary/aromatic N) is 4. The molecule has 0 amide bonds. The molecule has 25 heavy (non-hydrogen) atoms. The minimum absolute atomic E-state index is 0.0731. The van der Waals surface area contributed by atoms with Gasteiger partial charge in [-0.25, -0.2) is 4.98 Å². The Bertz CT molecular complexity index is 722. The Balaban J connectivity index is 1.68. The number of rotatable bonds is 5. The van der Waals surface area contributed by atoms with E-state index in [0.29, 0.717) is 11.7 Å². The van der Waals surface area contributed by atoms with Gasteiger partial charge in [-0.3, -0.25) is 15.0 Å². The van der Waals surface area contributed by atoms with Crippen molar-refractivity contribution >= 4 is 11.5 Å². The van der Waals surface area contributed by atoms with Gasteiger partial charge in [0.1, 0.15) is 0 Å². The summed E-state index contributed by atoms with van der Waals surface area (Å²) >= 11 is 0. The lowest BCUT2D eigenvalue weighted by atomic mass is 9.92. The molecular weight excluding hydrogens is 316 g/mol. The number of anilines is 1. The fourth-order valence-corrected chi connectivity index (χ4v) is 3.74. The Morgan fingerprint density at radius 2 is 2.04 bits per heavy atom. The van der Waals surface area contributed by atoms with Crippen LogP contribution in [0.5, 0.6) is 0 Å². The standard InChI is InChI=1S/C19H24N4O2/c1-15-13-22(14-16-7-4-3-5-8-16)12-10-17(15)21(2)19-18(23(24)25)9-6-11-20-19/h3-9,11,15,17H,10,12-14H2,1-2H3/t15-,17+/m0/s1. The molecule has 1 aliphatic rings. The lowest BCUT2D eigenvalue weighted by Crippen LogP contribution is -2.49. The average molecular weight is 340 g/mol. The number of hydrogen-bond acceptors (Lipinski definition) is 5. The van der Waals surface area contributed by atoms with E-state index in [1.54, 1.807) is 12.3 Å². The van der Waals surface area contributed by atoms with Crippen LogP contribution in [-0.4, -0.2) is 41.0 Å². The molecule has 132 valence electrons. The molecule has 3 rings (SSSR count). The zero-order valence-electron chi connectivity index (χ0n) is 14.7. The van der Waals surface area contributed by atoms with Crippen molar-refractivity contribution in [3.05, 3.63) is 64.3 Å². The van der Waals surface area contributed by atoms with Crippen LogP contribution in [-0.2, 0) is 6.54 Å². The first kappa shape index (κ1) is 17.4. The molecular formula is C19H24N4O2. The number of piperidine rings is 1. The van der Waals surface area contributed by atoms with Gasteiger partial charge in [0.15, 0.2) is 0 Å². The van der Waals surface area contributed by atoms with Crippen LogP contribution in [0.1, 0.15) is 18.9 Å². The highest BCUT2D eigenvalue weighted by atomic mass is 16.6. The second-order valence-electron chi connectivity index (χ2n) is 6.77. The monoisotopic (exact) mass is 340 g/mol. The van der Waals surface area contributed by atoms with Crippen molar-refractivity contribution in [3.8, 4) is 0 Å². The molecule has 0 aliphatic carbocycles. The second kappa shape index (κ2) is 7.61. The Morgan fingerprint density at radius 3 is 2.72 bits per heavy atom. The van der Waals surface area contributed by atoms with Gasteiger partial charge >= 0.3 is 5.69 Å². The number of likely N-dealkylation sites (tertiary alicyclic amines) is 1. The highest BCUT2D eigenvalue weighted by molar-refractivity contribution is 5.57.